The third kappa shape index (κ3) is 4.14. The number of hydrogen-bond acceptors (Lipinski definition) is 6. The number of nitrogens with zero attached hydrogens (tertiary/aromatic N) is 1. The molecule has 162 valence electrons. The lowest BCUT2D eigenvalue weighted by atomic mass is 9.88. The van der Waals surface area contributed by atoms with Crippen molar-refractivity contribution >= 4 is 22.8 Å². The van der Waals surface area contributed by atoms with E-state index in [9.17, 15) is 9.59 Å². The summed E-state index contributed by atoms with van der Waals surface area (Å²) in [6, 6.07) is 10.5. The fraction of sp³-hybridized carbons (Fsp3) is 0.261. The van der Waals surface area contributed by atoms with Crippen molar-refractivity contribution in [3.63, 3.8) is 0 Å². The second kappa shape index (κ2) is 9.22. The Morgan fingerprint density at radius 2 is 1.65 bits per heavy atom. The topological polar surface area (TPSA) is 90.5 Å². The van der Waals surface area contributed by atoms with Crippen LogP contribution in [0.3, 0.4) is 0 Å². The number of methoxy groups -OCH3 is 3. The van der Waals surface area contributed by atoms with E-state index < -0.39 is 11.2 Å². The first-order chi connectivity index (χ1) is 14.8. The molecule has 0 amide bonds. The molecule has 8 heteroatoms. The van der Waals surface area contributed by atoms with Gasteiger partial charge in [0.25, 0.3) is 5.24 Å². The Labute approximate surface area is 185 Å². The van der Waals surface area contributed by atoms with E-state index in [1.165, 1.54) is 7.11 Å². The molecular formula is C23H23ClN2O5. The first-order valence-corrected chi connectivity index (χ1v) is 9.93. The molecule has 0 aliphatic heterocycles. The zero-order valence-corrected chi connectivity index (χ0v) is 18.7. The molecule has 0 saturated heterocycles. The van der Waals surface area contributed by atoms with Crippen molar-refractivity contribution < 1.29 is 23.8 Å². The summed E-state index contributed by atoms with van der Waals surface area (Å²) in [5.74, 6) is 0.512. The number of halogens is 1. The fourth-order valence-electron chi connectivity index (χ4n) is 3.51. The monoisotopic (exact) mass is 442 g/mol. The molecule has 0 atom stereocenters. The van der Waals surface area contributed by atoms with Crippen molar-refractivity contribution in [2.24, 2.45) is 0 Å². The molecule has 0 aliphatic rings. The number of nitrogens with one attached hydrogen (secondary N) is 1. The molecule has 0 fully saturated rings. The number of benzene rings is 2. The number of aromatic amines is 1. The first-order valence-electron chi connectivity index (χ1n) is 9.56. The van der Waals surface area contributed by atoms with Crippen LogP contribution < -0.4 is 9.47 Å². The molecule has 3 aromatic rings. The van der Waals surface area contributed by atoms with Gasteiger partial charge in [-0.25, -0.2) is 4.79 Å². The van der Waals surface area contributed by atoms with Gasteiger partial charge in [-0.15, -0.1) is 0 Å². The Hall–Kier alpha value is -3.32. The third-order valence-corrected chi connectivity index (χ3v) is 5.21. The minimum atomic E-state index is -0.574. The molecular weight excluding hydrogens is 420 g/mol. The van der Waals surface area contributed by atoms with Gasteiger partial charge < -0.3 is 14.2 Å². The van der Waals surface area contributed by atoms with Gasteiger partial charge in [-0.2, -0.15) is 5.10 Å². The van der Waals surface area contributed by atoms with Crippen LogP contribution in [0.15, 0.2) is 36.4 Å². The van der Waals surface area contributed by atoms with Gasteiger partial charge in [0.1, 0.15) is 17.2 Å². The number of esters is 1. The third-order valence-electron chi connectivity index (χ3n) is 4.99. The molecule has 1 N–H and O–H groups in total. The van der Waals surface area contributed by atoms with Crippen molar-refractivity contribution in [1.29, 1.82) is 0 Å². The fourth-order valence-corrected chi connectivity index (χ4v) is 3.63. The standard InChI is InChI=1S/C23H23ClN2O5/c1-12(2)15-11-13(22(24)27)9-10-14(15)18-20(25-26-21(18)23(28)31-5)19-16(29-3)7-6-8-17(19)30-4/h6-12H,1-5H3,(H,25,26). The molecule has 0 aliphatic carbocycles. The lowest BCUT2D eigenvalue weighted by molar-refractivity contribution is 0.0594. The summed E-state index contributed by atoms with van der Waals surface area (Å²) < 4.78 is 16.1. The van der Waals surface area contributed by atoms with Gasteiger partial charge in [0.2, 0.25) is 0 Å². The molecule has 0 bridgehead atoms. The quantitative estimate of drug-likeness (QED) is 0.406. The van der Waals surface area contributed by atoms with Crippen LogP contribution in [0.25, 0.3) is 22.4 Å². The van der Waals surface area contributed by atoms with E-state index in [1.54, 1.807) is 50.6 Å². The van der Waals surface area contributed by atoms with Crippen LogP contribution in [0.5, 0.6) is 11.5 Å². The molecule has 31 heavy (non-hydrogen) atoms. The normalized spacial score (nSPS) is 10.8. The van der Waals surface area contributed by atoms with E-state index >= 15 is 0 Å². The van der Waals surface area contributed by atoms with Crippen molar-refractivity contribution in [2.45, 2.75) is 19.8 Å². The molecule has 0 saturated carbocycles. The van der Waals surface area contributed by atoms with Gasteiger partial charge >= 0.3 is 5.97 Å². The molecule has 3 rings (SSSR count). The maximum absolute atomic E-state index is 12.6. The van der Waals surface area contributed by atoms with E-state index in [1.807, 2.05) is 13.8 Å². The van der Waals surface area contributed by atoms with Gasteiger partial charge in [-0.1, -0.05) is 26.0 Å². The second-order valence-electron chi connectivity index (χ2n) is 7.08. The number of aromatic nitrogens is 2. The number of carbonyl (C=O) groups is 2. The Balaban J connectivity index is 2.41. The van der Waals surface area contributed by atoms with E-state index in [0.29, 0.717) is 39.4 Å². The van der Waals surface area contributed by atoms with Gasteiger partial charge in [0.05, 0.1) is 26.9 Å². The summed E-state index contributed by atoms with van der Waals surface area (Å²) in [5.41, 5.74) is 3.66. The smallest absolute Gasteiger partial charge is 0.356 e. The summed E-state index contributed by atoms with van der Waals surface area (Å²) in [6.45, 7) is 3.98. The number of hydrogen-bond donors (Lipinski definition) is 1. The Morgan fingerprint density at radius 1 is 1.00 bits per heavy atom. The highest BCUT2D eigenvalue weighted by Crippen LogP contribution is 2.45. The van der Waals surface area contributed by atoms with Crippen molar-refractivity contribution in [3.8, 4) is 33.9 Å². The zero-order valence-electron chi connectivity index (χ0n) is 17.9. The van der Waals surface area contributed by atoms with Crippen LogP contribution in [-0.4, -0.2) is 42.7 Å². The largest absolute Gasteiger partial charge is 0.496 e. The first kappa shape index (κ1) is 22.4. The SMILES string of the molecule is COC(=O)c1[nH]nc(-c2c(OC)cccc2OC)c1-c1ccc(C(=O)Cl)cc1C(C)C. The summed E-state index contributed by atoms with van der Waals surface area (Å²) >= 11 is 5.70. The molecule has 0 spiro atoms. The van der Waals surface area contributed by atoms with Crippen LogP contribution in [0.1, 0.15) is 46.2 Å². The molecule has 7 nitrogen and oxygen atoms in total. The van der Waals surface area contributed by atoms with E-state index in [-0.39, 0.29) is 11.6 Å². The van der Waals surface area contributed by atoms with Crippen LogP contribution >= 0.6 is 11.6 Å². The number of rotatable bonds is 7. The molecule has 2 aromatic carbocycles. The number of ether oxygens (including phenoxy) is 3. The highest BCUT2D eigenvalue weighted by Gasteiger charge is 2.28. The van der Waals surface area contributed by atoms with Crippen LogP contribution in [0, 0.1) is 0 Å². The summed E-state index contributed by atoms with van der Waals surface area (Å²) in [7, 11) is 4.40. The Morgan fingerprint density at radius 3 is 2.16 bits per heavy atom. The summed E-state index contributed by atoms with van der Waals surface area (Å²) in [6.07, 6.45) is 0. The molecule has 0 unspecified atom stereocenters. The predicted molar refractivity (Wildman–Crippen MR) is 118 cm³/mol. The van der Waals surface area contributed by atoms with E-state index in [4.69, 9.17) is 25.8 Å². The lowest BCUT2D eigenvalue weighted by Gasteiger charge is -2.17. The van der Waals surface area contributed by atoms with Gasteiger partial charge in [-0.3, -0.25) is 9.89 Å². The lowest BCUT2D eigenvalue weighted by Crippen LogP contribution is -2.06. The zero-order chi connectivity index (χ0) is 22.7. The van der Waals surface area contributed by atoms with Gasteiger partial charge in [0, 0.05) is 11.1 Å². The van der Waals surface area contributed by atoms with Crippen molar-refractivity contribution in [3.05, 3.63) is 53.2 Å². The van der Waals surface area contributed by atoms with Crippen LogP contribution in [0.2, 0.25) is 0 Å². The van der Waals surface area contributed by atoms with E-state index in [0.717, 1.165) is 5.56 Å². The molecule has 1 heterocycles. The average molecular weight is 443 g/mol. The maximum atomic E-state index is 12.6. The van der Waals surface area contributed by atoms with Crippen molar-refractivity contribution in [1.82, 2.24) is 10.2 Å². The second-order valence-corrected chi connectivity index (χ2v) is 7.43. The summed E-state index contributed by atoms with van der Waals surface area (Å²) in [4.78, 5) is 24.3. The van der Waals surface area contributed by atoms with Gasteiger partial charge in [-0.05, 0) is 52.9 Å². The Bertz CT molecular complexity index is 1110. The Kier molecular flexibility index (Phi) is 6.65. The van der Waals surface area contributed by atoms with Crippen LogP contribution in [0.4, 0.5) is 0 Å². The van der Waals surface area contributed by atoms with E-state index in [2.05, 4.69) is 10.2 Å². The molecule has 0 radical (unpaired) electrons. The summed E-state index contributed by atoms with van der Waals surface area (Å²) in [5, 5.41) is 6.67. The highest BCUT2D eigenvalue weighted by atomic mass is 35.5. The number of H-pyrrole nitrogens is 1. The highest BCUT2D eigenvalue weighted by molar-refractivity contribution is 6.67. The van der Waals surface area contributed by atoms with Gasteiger partial charge in [0.15, 0.2) is 5.69 Å². The number of carbonyl (C=O) groups excluding carboxylic acids is 2. The minimum absolute atomic E-state index is 0.0266. The van der Waals surface area contributed by atoms with Crippen molar-refractivity contribution in [2.75, 3.05) is 21.3 Å². The molecule has 1 aromatic heterocycles. The average Bonchev–Trinajstić information content (AvgIpc) is 3.21. The predicted octanol–water partition coefficient (Wildman–Crippen LogP) is 5.05. The maximum Gasteiger partial charge on any atom is 0.356 e. The van der Waals surface area contributed by atoms with Crippen LogP contribution in [-0.2, 0) is 4.74 Å². The minimum Gasteiger partial charge on any atom is -0.496 e.